The summed E-state index contributed by atoms with van der Waals surface area (Å²) in [6.07, 6.45) is 3.10. The van der Waals surface area contributed by atoms with Crippen LogP contribution in [0.15, 0.2) is 72.8 Å². The second-order valence-electron chi connectivity index (χ2n) is 7.25. The number of nitrogens with one attached hydrogen (secondary N) is 1. The SMILES string of the molecule is CCOC(=O)c1cccc(NC(=O)C=Cc2ccc(OCc3ccccc3C)c(OC)c2)c1. The molecule has 0 bridgehead atoms. The number of hydrogen-bond acceptors (Lipinski definition) is 5. The van der Waals surface area contributed by atoms with Gasteiger partial charge in [-0.2, -0.15) is 0 Å². The molecule has 3 aromatic rings. The van der Waals surface area contributed by atoms with Crippen LogP contribution in [-0.2, 0) is 16.1 Å². The van der Waals surface area contributed by atoms with Gasteiger partial charge < -0.3 is 19.5 Å². The quantitative estimate of drug-likeness (QED) is 0.352. The van der Waals surface area contributed by atoms with Gasteiger partial charge in [0.2, 0.25) is 5.91 Å². The minimum atomic E-state index is -0.430. The minimum Gasteiger partial charge on any atom is -0.493 e. The molecule has 0 radical (unpaired) electrons. The average molecular weight is 446 g/mol. The van der Waals surface area contributed by atoms with Crippen molar-refractivity contribution < 1.29 is 23.8 Å². The molecule has 0 fully saturated rings. The number of carbonyl (C=O) groups excluding carboxylic acids is 2. The Hall–Kier alpha value is -4.06. The van der Waals surface area contributed by atoms with E-state index in [0.717, 1.165) is 16.7 Å². The molecule has 33 heavy (non-hydrogen) atoms. The van der Waals surface area contributed by atoms with Crippen LogP contribution in [0, 0.1) is 6.92 Å². The lowest BCUT2D eigenvalue weighted by atomic mass is 10.1. The zero-order valence-electron chi connectivity index (χ0n) is 19.0. The lowest BCUT2D eigenvalue weighted by molar-refractivity contribution is -0.111. The van der Waals surface area contributed by atoms with Crippen LogP contribution in [-0.4, -0.2) is 25.6 Å². The summed E-state index contributed by atoms with van der Waals surface area (Å²) in [6.45, 7) is 4.51. The van der Waals surface area contributed by atoms with Crippen molar-refractivity contribution in [2.75, 3.05) is 19.0 Å². The predicted molar refractivity (Wildman–Crippen MR) is 129 cm³/mol. The van der Waals surface area contributed by atoms with Crippen LogP contribution in [0.3, 0.4) is 0 Å². The Bertz CT molecular complexity index is 1150. The summed E-state index contributed by atoms with van der Waals surface area (Å²) in [6, 6.07) is 20.1. The Morgan fingerprint density at radius 2 is 1.79 bits per heavy atom. The number of anilines is 1. The van der Waals surface area contributed by atoms with E-state index in [1.165, 1.54) is 6.08 Å². The average Bonchev–Trinajstić information content (AvgIpc) is 2.83. The van der Waals surface area contributed by atoms with E-state index in [2.05, 4.69) is 5.32 Å². The highest BCUT2D eigenvalue weighted by molar-refractivity contribution is 6.02. The third-order valence-corrected chi connectivity index (χ3v) is 4.90. The summed E-state index contributed by atoms with van der Waals surface area (Å²) in [7, 11) is 1.58. The standard InChI is InChI=1S/C27H27NO5/c1-4-32-27(30)21-10-7-11-23(17-21)28-26(29)15-13-20-12-14-24(25(16-20)31-3)33-18-22-9-6-5-8-19(22)2/h5-17H,4,18H2,1-3H3,(H,28,29). The lowest BCUT2D eigenvalue weighted by Gasteiger charge is -2.12. The molecule has 1 N–H and O–H groups in total. The van der Waals surface area contributed by atoms with Crippen molar-refractivity contribution in [3.63, 3.8) is 0 Å². The van der Waals surface area contributed by atoms with Crippen molar-refractivity contribution in [2.45, 2.75) is 20.5 Å². The van der Waals surface area contributed by atoms with Gasteiger partial charge in [0.25, 0.3) is 0 Å². The number of methoxy groups -OCH3 is 1. The Kier molecular flexibility index (Phi) is 8.24. The molecule has 170 valence electrons. The highest BCUT2D eigenvalue weighted by atomic mass is 16.5. The third-order valence-electron chi connectivity index (χ3n) is 4.90. The summed E-state index contributed by atoms with van der Waals surface area (Å²) in [4.78, 5) is 24.2. The van der Waals surface area contributed by atoms with E-state index >= 15 is 0 Å². The van der Waals surface area contributed by atoms with Crippen LogP contribution >= 0.6 is 0 Å². The van der Waals surface area contributed by atoms with E-state index in [1.54, 1.807) is 50.4 Å². The van der Waals surface area contributed by atoms with Gasteiger partial charge in [-0.15, -0.1) is 0 Å². The van der Waals surface area contributed by atoms with Gasteiger partial charge in [0.1, 0.15) is 6.61 Å². The van der Waals surface area contributed by atoms with E-state index in [0.29, 0.717) is 29.4 Å². The van der Waals surface area contributed by atoms with Crippen molar-refractivity contribution in [3.05, 3.63) is 95.1 Å². The smallest absolute Gasteiger partial charge is 0.338 e. The normalized spacial score (nSPS) is 10.6. The number of amides is 1. The van der Waals surface area contributed by atoms with Crippen LogP contribution in [0.25, 0.3) is 6.08 Å². The van der Waals surface area contributed by atoms with Gasteiger partial charge in [-0.05, 0) is 66.9 Å². The molecule has 0 aliphatic carbocycles. The fourth-order valence-corrected chi connectivity index (χ4v) is 3.13. The maximum Gasteiger partial charge on any atom is 0.338 e. The zero-order chi connectivity index (χ0) is 23.6. The van der Waals surface area contributed by atoms with Crippen molar-refractivity contribution >= 4 is 23.6 Å². The largest absolute Gasteiger partial charge is 0.493 e. The summed E-state index contributed by atoms with van der Waals surface area (Å²) in [5.74, 6) is 0.447. The van der Waals surface area contributed by atoms with E-state index < -0.39 is 5.97 Å². The first-order valence-corrected chi connectivity index (χ1v) is 10.6. The second kappa shape index (κ2) is 11.5. The molecule has 3 aromatic carbocycles. The second-order valence-corrected chi connectivity index (χ2v) is 7.25. The molecule has 0 atom stereocenters. The summed E-state index contributed by atoms with van der Waals surface area (Å²) in [5.41, 5.74) is 3.94. The van der Waals surface area contributed by atoms with Gasteiger partial charge in [0.15, 0.2) is 11.5 Å². The highest BCUT2D eigenvalue weighted by Crippen LogP contribution is 2.29. The van der Waals surface area contributed by atoms with E-state index in [-0.39, 0.29) is 12.5 Å². The molecule has 0 unspecified atom stereocenters. The van der Waals surface area contributed by atoms with Crippen LogP contribution in [0.2, 0.25) is 0 Å². The van der Waals surface area contributed by atoms with Crippen molar-refractivity contribution in [1.82, 2.24) is 0 Å². The van der Waals surface area contributed by atoms with Crippen molar-refractivity contribution in [2.24, 2.45) is 0 Å². The Labute approximate surface area is 193 Å². The molecule has 0 aliphatic heterocycles. The van der Waals surface area contributed by atoms with Crippen LogP contribution < -0.4 is 14.8 Å². The number of ether oxygens (including phenoxy) is 3. The van der Waals surface area contributed by atoms with Crippen LogP contribution in [0.5, 0.6) is 11.5 Å². The monoisotopic (exact) mass is 445 g/mol. The number of carbonyl (C=O) groups is 2. The molecule has 1 amide bonds. The molecule has 0 aliphatic rings. The van der Waals surface area contributed by atoms with Gasteiger partial charge in [-0.3, -0.25) is 4.79 Å². The zero-order valence-corrected chi connectivity index (χ0v) is 19.0. The van der Waals surface area contributed by atoms with Crippen LogP contribution in [0.1, 0.15) is 34.0 Å². The van der Waals surface area contributed by atoms with Gasteiger partial charge in [0, 0.05) is 11.8 Å². The van der Waals surface area contributed by atoms with Crippen LogP contribution in [0.4, 0.5) is 5.69 Å². The third kappa shape index (κ3) is 6.71. The Morgan fingerprint density at radius 3 is 2.55 bits per heavy atom. The highest BCUT2D eigenvalue weighted by Gasteiger charge is 2.09. The molecule has 6 nitrogen and oxygen atoms in total. The minimum absolute atomic E-state index is 0.289. The summed E-state index contributed by atoms with van der Waals surface area (Å²) < 4.78 is 16.4. The van der Waals surface area contributed by atoms with E-state index in [4.69, 9.17) is 14.2 Å². The molecule has 0 heterocycles. The number of aryl methyl sites for hydroxylation is 1. The van der Waals surface area contributed by atoms with Gasteiger partial charge in [-0.25, -0.2) is 4.79 Å². The first-order valence-electron chi connectivity index (χ1n) is 10.6. The maximum absolute atomic E-state index is 12.3. The lowest BCUT2D eigenvalue weighted by Crippen LogP contribution is -2.09. The molecule has 0 aromatic heterocycles. The van der Waals surface area contributed by atoms with E-state index in [9.17, 15) is 9.59 Å². The number of esters is 1. The van der Waals surface area contributed by atoms with Gasteiger partial charge >= 0.3 is 5.97 Å². The molecule has 0 saturated carbocycles. The summed E-state index contributed by atoms with van der Waals surface area (Å²) >= 11 is 0. The van der Waals surface area contributed by atoms with Crippen molar-refractivity contribution in [1.29, 1.82) is 0 Å². The molecule has 3 rings (SSSR count). The molecular weight excluding hydrogens is 418 g/mol. The Balaban J connectivity index is 1.63. The number of hydrogen-bond donors (Lipinski definition) is 1. The topological polar surface area (TPSA) is 73.9 Å². The maximum atomic E-state index is 12.3. The summed E-state index contributed by atoms with van der Waals surface area (Å²) in [5, 5.41) is 2.74. The fourth-order valence-electron chi connectivity index (χ4n) is 3.13. The number of benzene rings is 3. The first kappa shape index (κ1) is 23.6. The van der Waals surface area contributed by atoms with E-state index in [1.807, 2.05) is 43.3 Å². The van der Waals surface area contributed by atoms with Crippen molar-refractivity contribution in [3.8, 4) is 11.5 Å². The fraction of sp³-hybridized carbons (Fsp3) is 0.185. The first-order chi connectivity index (χ1) is 16.0. The van der Waals surface area contributed by atoms with Gasteiger partial charge in [0.05, 0.1) is 19.3 Å². The molecule has 0 saturated heterocycles. The van der Waals surface area contributed by atoms with Gasteiger partial charge in [-0.1, -0.05) is 36.4 Å². The predicted octanol–water partition coefficient (Wildman–Crippen LogP) is 5.41. The molecule has 6 heteroatoms. The molecular formula is C27H27NO5. The Morgan fingerprint density at radius 1 is 0.970 bits per heavy atom. The molecule has 0 spiro atoms. The number of rotatable bonds is 9.